The summed E-state index contributed by atoms with van der Waals surface area (Å²) in [6, 6.07) is 1.76. The van der Waals surface area contributed by atoms with Gasteiger partial charge < -0.3 is 4.74 Å². The van der Waals surface area contributed by atoms with Gasteiger partial charge >= 0.3 is 0 Å². The Morgan fingerprint density at radius 3 is 2.83 bits per heavy atom. The summed E-state index contributed by atoms with van der Waals surface area (Å²) < 4.78 is 9.17. The van der Waals surface area contributed by atoms with Gasteiger partial charge in [-0.1, -0.05) is 16.8 Å². The highest BCUT2D eigenvalue weighted by molar-refractivity contribution is 6.32. The topological polar surface area (TPSA) is 70.7 Å². The molecule has 3 aromatic rings. The van der Waals surface area contributed by atoms with E-state index in [2.05, 4.69) is 20.3 Å². The summed E-state index contributed by atoms with van der Waals surface area (Å²) in [7, 11) is 0. The fraction of sp³-hybridized carbons (Fsp3) is 0.375. The zero-order chi connectivity index (χ0) is 16.7. The van der Waals surface area contributed by atoms with Crippen LogP contribution in [0, 0.1) is 0 Å². The van der Waals surface area contributed by atoms with Crippen LogP contribution < -0.4 is 4.74 Å². The number of aromatic nitrogens is 6. The molecule has 0 bridgehead atoms. The van der Waals surface area contributed by atoms with E-state index >= 15 is 0 Å². The van der Waals surface area contributed by atoms with Crippen LogP contribution in [0.4, 0.5) is 0 Å². The average molecular weight is 345 g/mol. The first-order valence-electron chi connectivity index (χ1n) is 7.90. The van der Waals surface area contributed by atoms with E-state index in [9.17, 15) is 0 Å². The van der Waals surface area contributed by atoms with E-state index in [1.54, 1.807) is 23.1 Å². The Hall–Kier alpha value is -2.41. The van der Waals surface area contributed by atoms with Crippen molar-refractivity contribution >= 4 is 11.6 Å². The molecule has 0 N–H and O–H groups in total. The zero-order valence-electron chi connectivity index (χ0n) is 13.4. The second kappa shape index (κ2) is 5.90. The second-order valence-electron chi connectivity index (χ2n) is 6.10. The minimum absolute atomic E-state index is 0.0147. The van der Waals surface area contributed by atoms with Crippen LogP contribution >= 0.6 is 11.6 Å². The summed E-state index contributed by atoms with van der Waals surface area (Å²) in [5.41, 5.74) is 0.725. The van der Waals surface area contributed by atoms with E-state index in [1.165, 1.54) is 12.8 Å². The van der Waals surface area contributed by atoms with Crippen molar-refractivity contribution in [2.45, 2.75) is 38.7 Å². The maximum atomic E-state index is 6.24. The lowest BCUT2D eigenvalue weighted by Crippen LogP contribution is -2.08. The van der Waals surface area contributed by atoms with Gasteiger partial charge in [-0.2, -0.15) is 0 Å². The number of ether oxygens (including phenoxy) is 1. The molecule has 0 spiro atoms. The monoisotopic (exact) mass is 344 g/mol. The van der Waals surface area contributed by atoms with Gasteiger partial charge in [0.25, 0.3) is 0 Å². The van der Waals surface area contributed by atoms with Gasteiger partial charge in [-0.15, -0.1) is 5.10 Å². The predicted octanol–water partition coefficient (Wildman–Crippen LogP) is 3.17. The molecule has 1 fully saturated rings. The van der Waals surface area contributed by atoms with Gasteiger partial charge in [-0.25, -0.2) is 14.6 Å². The molecular weight excluding hydrogens is 328 g/mol. The lowest BCUT2D eigenvalue weighted by Gasteiger charge is -2.10. The van der Waals surface area contributed by atoms with E-state index in [-0.39, 0.29) is 6.10 Å². The van der Waals surface area contributed by atoms with Crippen molar-refractivity contribution in [3.8, 4) is 17.4 Å². The Kier molecular flexibility index (Phi) is 3.72. The summed E-state index contributed by atoms with van der Waals surface area (Å²) in [4.78, 5) is 8.69. The molecule has 0 amide bonds. The maximum Gasteiger partial charge on any atom is 0.232 e. The van der Waals surface area contributed by atoms with E-state index < -0.39 is 0 Å². The summed E-state index contributed by atoms with van der Waals surface area (Å²) in [6.45, 7) is 3.86. The molecule has 1 saturated carbocycles. The first-order chi connectivity index (χ1) is 11.6. The number of halogens is 1. The molecule has 0 aliphatic heterocycles. The molecule has 0 aromatic carbocycles. The van der Waals surface area contributed by atoms with Gasteiger partial charge in [0.15, 0.2) is 5.82 Å². The minimum Gasteiger partial charge on any atom is -0.474 e. The molecule has 1 aliphatic carbocycles. The molecular formula is C16H17ClN6O. The molecule has 124 valence electrons. The van der Waals surface area contributed by atoms with E-state index in [0.717, 1.165) is 17.3 Å². The number of pyridine rings is 1. The van der Waals surface area contributed by atoms with Crippen LogP contribution in [-0.4, -0.2) is 35.6 Å². The van der Waals surface area contributed by atoms with Crippen molar-refractivity contribution in [2.75, 3.05) is 0 Å². The third-order valence-electron chi connectivity index (χ3n) is 3.74. The standard InChI is InChI=1S/C16H17ClN6O/c1-10(2)24-16-13(17)7-12(8-19-16)23-9-14(20-21-23)22-6-5-18-15(22)11-3-4-11/h5-11H,3-4H2,1-2H3. The van der Waals surface area contributed by atoms with Crippen molar-refractivity contribution in [1.29, 1.82) is 0 Å². The Bertz CT molecular complexity index is 867. The Morgan fingerprint density at radius 1 is 1.29 bits per heavy atom. The highest BCUT2D eigenvalue weighted by atomic mass is 35.5. The zero-order valence-corrected chi connectivity index (χ0v) is 14.2. The van der Waals surface area contributed by atoms with Gasteiger partial charge in [0, 0.05) is 18.3 Å². The first-order valence-corrected chi connectivity index (χ1v) is 8.28. The lowest BCUT2D eigenvalue weighted by molar-refractivity contribution is 0.233. The molecule has 8 heteroatoms. The third-order valence-corrected chi connectivity index (χ3v) is 4.02. The quantitative estimate of drug-likeness (QED) is 0.711. The van der Waals surface area contributed by atoms with Crippen LogP contribution in [0.25, 0.3) is 11.5 Å². The fourth-order valence-electron chi connectivity index (χ4n) is 2.49. The summed E-state index contributed by atoms with van der Waals surface area (Å²) in [6.07, 6.45) is 9.59. The Labute approximate surface area is 144 Å². The van der Waals surface area contributed by atoms with Crippen molar-refractivity contribution in [3.63, 3.8) is 0 Å². The smallest absolute Gasteiger partial charge is 0.232 e. The van der Waals surface area contributed by atoms with Gasteiger partial charge in [0.05, 0.1) is 24.2 Å². The van der Waals surface area contributed by atoms with Gasteiger partial charge in [0.2, 0.25) is 5.88 Å². The number of nitrogens with zero attached hydrogens (tertiary/aromatic N) is 6. The summed E-state index contributed by atoms with van der Waals surface area (Å²) >= 11 is 6.24. The molecule has 0 unspecified atom stereocenters. The Morgan fingerprint density at radius 2 is 2.12 bits per heavy atom. The van der Waals surface area contributed by atoms with Gasteiger partial charge in [-0.05, 0) is 32.8 Å². The molecule has 7 nitrogen and oxygen atoms in total. The maximum absolute atomic E-state index is 6.24. The highest BCUT2D eigenvalue weighted by Gasteiger charge is 2.28. The van der Waals surface area contributed by atoms with Crippen molar-refractivity contribution in [3.05, 3.63) is 41.7 Å². The molecule has 3 aromatic heterocycles. The predicted molar refractivity (Wildman–Crippen MR) is 89.0 cm³/mol. The van der Waals surface area contributed by atoms with Crippen molar-refractivity contribution in [1.82, 2.24) is 29.5 Å². The lowest BCUT2D eigenvalue weighted by atomic mass is 10.4. The normalized spacial score (nSPS) is 14.3. The Balaban J connectivity index is 1.63. The molecule has 1 aliphatic rings. The van der Waals surface area contributed by atoms with E-state index in [4.69, 9.17) is 16.3 Å². The second-order valence-corrected chi connectivity index (χ2v) is 6.51. The molecule has 3 heterocycles. The number of imidazole rings is 1. The van der Waals surface area contributed by atoms with E-state index in [0.29, 0.717) is 16.8 Å². The van der Waals surface area contributed by atoms with Crippen LogP contribution in [-0.2, 0) is 0 Å². The molecule has 0 radical (unpaired) electrons. The van der Waals surface area contributed by atoms with Crippen LogP contribution in [0.2, 0.25) is 5.02 Å². The van der Waals surface area contributed by atoms with Crippen molar-refractivity contribution < 1.29 is 4.74 Å². The number of rotatable bonds is 5. The molecule has 4 rings (SSSR count). The SMILES string of the molecule is CC(C)Oc1ncc(-n2cc(-n3ccnc3C3CC3)nn2)cc1Cl. The van der Waals surface area contributed by atoms with Gasteiger partial charge in [0.1, 0.15) is 10.8 Å². The first kappa shape index (κ1) is 15.1. The summed E-state index contributed by atoms with van der Waals surface area (Å²) in [5, 5.41) is 8.86. The summed E-state index contributed by atoms with van der Waals surface area (Å²) in [5.74, 6) is 2.72. The van der Waals surface area contributed by atoms with Crippen molar-refractivity contribution in [2.24, 2.45) is 0 Å². The largest absolute Gasteiger partial charge is 0.474 e. The average Bonchev–Trinajstić information content (AvgIpc) is 3.09. The molecule has 0 atom stereocenters. The van der Waals surface area contributed by atoms with Crippen LogP contribution in [0.3, 0.4) is 0 Å². The number of hydrogen-bond donors (Lipinski definition) is 0. The van der Waals surface area contributed by atoms with E-state index in [1.807, 2.05) is 30.8 Å². The number of hydrogen-bond acceptors (Lipinski definition) is 5. The molecule has 0 saturated heterocycles. The minimum atomic E-state index is 0.0147. The highest BCUT2D eigenvalue weighted by Crippen LogP contribution is 2.39. The van der Waals surface area contributed by atoms with Crippen LogP contribution in [0.5, 0.6) is 5.88 Å². The third kappa shape index (κ3) is 2.87. The van der Waals surface area contributed by atoms with Gasteiger partial charge in [-0.3, -0.25) is 4.57 Å². The van der Waals surface area contributed by atoms with Crippen LogP contribution in [0.15, 0.2) is 30.9 Å². The molecule has 24 heavy (non-hydrogen) atoms. The van der Waals surface area contributed by atoms with Crippen LogP contribution in [0.1, 0.15) is 38.4 Å². The fourth-order valence-corrected chi connectivity index (χ4v) is 2.70.